The van der Waals surface area contributed by atoms with E-state index in [0.717, 1.165) is 5.56 Å². The summed E-state index contributed by atoms with van der Waals surface area (Å²) in [4.78, 5) is 12.7. The van der Waals surface area contributed by atoms with E-state index >= 15 is 0 Å². The van der Waals surface area contributed by atoms with E-state index in [1.54, 1.807) is 6.07 Å². The molecule has 100 valence electrons. The highest BCUT2D eigenvalue weighted by molar-refractivity contribution is 9.10. The van der Waals surface area contributed by atoms with E-state index in [1.165, 1.54) is 12.1 Å². The summed E-state index contributed by atoms with van der Waals surface area (Å²) in [5.74, 6) is -1.18. The highest BCUT2D eigenvalue weighted by Gasteiger charge is 2.22. The first kappa shape index (κ1) is 15.1. The lowest BCUT2D eigenvalue weighted by molar-refractivity contribution is -0.139. The van der Waals surface area contributed by atoms with Crippen LogP contribution < -0.4 is 0 Å². The van der Waals surface area contributed by atoms with Crippen molar-refractivity contribution in [2.45, 2.75) is 32.9 Å². The lowest BCUT2D eigenvalue weighted by Crippen LogP contribution is -2.37. The molecule has 0 aliphatic rings. The number of halogens is 2. The molecular weight excluding hydrogens is 301 g/mol. The Balaban J connectivity index is 3.01. The molecule has 0 amide bonds. The maximum atomic E-state index is 13.0. The number of nitrogens with zero attached hydrogens (tertiary/aromatic N) is 1. The Hall–Kier alpha value is -0.940. The van der Waals surface area contributed by atoms with Crippen LogP contribution in [0.4, 0.5) is 4.39 Å². The van der Waals surface area contributed by atoms with E-state index in [1.807, 2.05) is 25.7 Å². The SMILES string of the molecule is CC(C)N(CC(=O)O)C(C)c1ccc(F)cc1Br. The van der Waals surface area contributed by atoms with Gasteiger partial charge in [0.2, 0.25) is 0 Å². The lowest BCUT2D eigenvalue weighted by atomic mass is 10.1. The summed E-state index contributed by atoms with van der Waals surface area (Å²) in [5.41, 5.74) is 0.881. The molecule has 0 spiro atoms. The van der Waals surface area contributed by atoms with Gasteiger partial charge >= 0.3 is 5.97 Å². The average molecular weight is 318 g/mol. The van der Waals surface area contributed by atoms with Crippen LogP contribution in [0.25, 0.3) is 0 Å². The summed E-state index contributed by atoms with van der Waals surface area (Å²) < 4.78 is 13.7. The topological polar surface area (TPSA) is 40.5 Å². The van der Waals surface area contributed by atoms with Crippen molar-refractivity contribution in [1.82, 2.24) is 4.90 Å². The molecule has 0 saturated heterocycles. The second-order valence-corrected chi connectivity index (χ2v) is 5.36. The van der Waals surface area contributed by atoms with Gasteiger partial charge in [-0.1, -0.05) is 22.0 Å². The van der Waals surface area contributed by atoms with Crippen LogP contribution in [0.1, 0.15) is 32.4 Å². The third kappa shape index (κ3) is 3.78. The van der Waals surface area contributed by atoms with Gasteiger partial charge in [0.25, 0.3) is 0 Å². The summed E-state index contributed by atoms with van der Waals surface area (Å²) >= 11 is 3.32. The van der Waals surface area contributed by atoms with Gasteiger partial charge in [-0.3, -0.25) is 9.69 Å². The van der Waals surface area contributed by atoms with Crippen molar-refractivity contribution in [3.8, 4) is 0 Å². The van der Waals surface area contributed by atoms with Crippen LogP contribution in [0.3, 0.4) is 0 Å². The Bertz CT molecular complexity index is 437. The molecule has 1 N–H and O–H groups in total. The van der Waals surface area contributed by atoms with Gasteiger partial charge < -0.3 is 5.11 Å². The summed E-state index contributed by atoms with van der Waals surface area (Å²) in [7, 11) is 0. The Kier molecular flexibility index (Phi) is 5.28. The zero-order chi connectivity index (χ0) is 13.9. The Labute approximate surface area is 115 Å². The fourth-order valence-electron chi connectivity index (χ4n) is 1.94. The van der Waals surface area contributed by atoms with Gasteiger partial charge in [-0.25, -0.2) is 4.39 Å². The van der Waals surface area contributed by atoms with Gasteiger partial charge in [0.05, 0.1) is 6.54 Å². The van der Waals surface area contributed by atoms with Crippen LogP contribution >= 0.6 is 15.9 Å². The second-order valence-electron chi connectivity index (χ2n) is 4.50. The average Bonchev–Trinajstić information content (AvgIpc) is 2.24. The number of hydrogen-bond acceptors (Lipinski definition) is 2. The molecule has 0 aliphatic heterocycles. The van der Waals surface area contributed by atoms with Crippen molar-refractivity contribution in [3.05, 3.63) is 34.1 Å². The largest absolute Gasteiger partial charge is 0.480 e. The predicted octanol–water partition coefficient (Wildman–Crippen LogP) is 3.44. The van der Waals surface area contributed by atoms with Gasteiger partial charge in [0, 0.05) is 16.6 Å². The van der Waals surface area contributed by atoms with Crippen LogP contribution in [0.2, 0.25) is 0 Å². The van der Waals surface area contributed by atoms with Crippen molar-refractivity contribution >= 4 is 21.9 Å². The van der Waals surface area contributed by atoms with E-state index in [-0.39, 0.29) is 24.4 Å². The number of benzene rings is 1. The lowest BCUT2D eigenvalue weighted by Gasteiger charge is -2.32. The van der Waals surface area contributed by atoms with Gasteiger partial charge in [0.15, 0.2) is 0 Å². The number of rotatable bonds is 5. The molecule has 0 saturated carbocycles. The van der Waals surface area contributed by atoms with Crippen LogP contribution in [-0.2, 0) is 4.79 Å². The summed E-state index contributed by atoms with van der Waals surface area (Å²) in [6.07, 6.45) is 0. The highest BCUT2D eigenvalue weighted by atomic mass is 79.9. The number of aliphatic carboxylic acids is 1. The Morgan fingerprint density at radius 2 is 2.06 bits per heavy atom. The molecule has 1 aromatic carbocycles. The minimum Gasteiger partial charge on any atom is -0.480 e. The monoisotopic (exact) mass is 317 g/mol. The molecule has 1 unspecified atom stereocenters. The van der Waals surface area contributed by atoms with E-state index < -0.39 is 5.97 Å². The van der Waals surface area contributed by atoms with Crippen LogP contribution in [0.15, 0.2) is 22.7 Å². The standard InChI is InChI=1S/C13H17BrFNO2/c1-8(2)16(7-13(17)18)9(3)11-5-4-10(15)6-12(11)14/h4-6,8-9H,7H2,1-3H3,(H,17,18). The van der Waals surface area contributed by atoms with E-state index in [4.69, 9.17) is 5.11 Å². The zero-order valence-electron chi connectivity index (χ0n) is 10.7. The summed E-state index contributed by atoms with van der Waals surface area (Å²) in [5, 5.41) is 8.93. The third-order valence-corrected chi connectivity index (χ3v) is 3.58. The third-order valence-electron chi connectivity index (χ3n) is 2.89. The fraction of sp³-hybridized carbons (Fsp3) is 0.462. The smallest absolute Gasteiger partial charge is 0.317 e. The van der Waals surface area contributed by atoms with E-state index in [0.29, 0.717) is 4.47 Å². The van der Waals surface area contributed by atoms with Crippen molar-refractivity contribution in [2.24, 2.45) is 0 Å². The summed E-state index contributed by atoms with van der Waals surface area (Å²) in [6.45, 7) is 5.76. The molecule has 0 heterocycles. The number of hydrogen-bond donors (Lipinski definition) is 1. The van der Waals surface area contributed by atoms with Crippen LogP contribution in [0, 0.1) is 5.82 Å². The van der Waals surface area contributed by atoms with Crippen molar-refractivity contribution < 1.29 is 14.3 Å². The normalized spacial score (nSPS) is 13.1. The molecule has 0 aliphatic carbocycles. The van der Waals surface area contributed by atoms with E-state index in [9.17, 15) is 9.18 Å². The first-order valence-electron chi connectivity index (χ1n) is 5.75. The summed E-state index contributed by atoms with van der Waals surface area (Å²) in [6, 6.07) is 4.45. The van der Waals surface area contributed by atoms with E-state index in [2.05, 4.69) is 15.9 Å². The molecule has 1 rings (SSSR count). The second kappa shape index (κ2) is 6.29. The molecule has 0 bridgehead atoms. The fourth-order valence-corrected chi connectivity index (χ4v) is 2.62. The molecule has 18 heavy (non-hydrogen) atoms. The number of carboxylic acid groups (broad SMARTS) is 1. The maximum Gasteiger partial charge on any atom is 0.317 e. The number of carbonyl (C=O) groups is 1. The van der Waals surface area contributed by atoms with Crippen LogP contribution in [-0.4, -0.2) is 28.6 Å². The molecule has 1 atom stereocenters. The van der Waals surface area contributed by atoms with Crippen molar-refractivity contribution in [3.63, 3.8) is 0 Å². The van der Waals surface area contributed by atoms with Gasteiger partial charge in [-0.2, -0.15) is 0 Å². The molecule has 0 aromatic heterocycles. The zero-order valence-corrected chi connectivity index (χ0v) is 12.2. The molecule has 3 nitrogen and oxygen atoms in total. The predicted molar refractivity (Wildman–Crippen MR) is 72.0 cm³/mol. The number of carboxylic acids is 1. The minimum atomic E-state index is -0.867. The van der Waals surface area contributed by atoms with Crippen molar-refractivity contribution in [2.75, 3.05) is 6.54 Å². The van der Waals surface area contributed by atoms with Gasteiger partial charge in [0.1, 0.15) is 5.82 Å². The van der Waals surface area contributed by atoms with Gasteiger partial charge in [-0.15, -0.1) is 0 Å². The minimum absolute atomic E-state index is 0.0390. The molecule has 0 fully saturated rings. The first-order chi connectivity index (χ1) is 8.32. The molecule has 0 radical (unpaired) electrons. The first-order valence-corrected chi connectivity index (χ1v) is 6.54. The Morgan fingerprint density at radius 1 is 1.44 bits per heavy atom. The van der Waals surface area contributed by atoms with Gasteiger partial charge in [-0.05, 0) is 38.5 Å². The molecule has 5 heteroatoms. The van der Waals surface area contributed by atoms with Crippen LogP contribution in [0.5, 0.6) is 0 Å². The molecule has 1 aromatic rings. The van der Waals surface area contributed by atoms with Crippen molar-refractivity contribution in [1.29, 1.82) is 0 Å². The maximum absolute atomic E-state index is 13.0. The molecular formula is C13H17BrFNO2. The Morgan fingerprint density at radius 3 is 2.50 bits per heavy atom. The quantitative estimate of drug-likeness (QED) is 0.904. The highest BCUT2D eigenvalue weighted by Crippen LogP contribution is 2.29.